The standard InChI is InChI=1S/C22H22N4O3S/c1-12-11-30-20(23-12)15-9-14(10-27)26-17(13-7-5-4-6-8-13)16-19(18(15)26)24(2)22(29)25(3)21(16)28/h4-8,11,14-15,27H,9-10H2,1-3H3/t14-,15-/m1/s1. The molecule has 4 aromatic rings. The maximum Gasteiger partial charge on any atom is 0.331 e. The van der Waals surface area contributed by atoms with Crippen molar-refractivity contribution in [2.45, 2.75) is 25.3 Å². The van der Waals surface area contributed by atoms with Crippen molar-refractivity contribution >= 4 is 22.2 Å². The molecule has 0 bridgehead atoms. The van der Waals surface area contributed by atoms with Gasteiger partial charge < -0.3 is 9.67 Å². The number of thiazole rings is 1. The molecule has 3 aromatic heterocycles. The highest BCUT2D eigenvalue weighted by molar-refractivity contribution is 7.09. The summed E-state index contributed by atoms with van der Waals surface area (Å²) >= 11 is 1.58. The minimum absolute atomic E-state index is 0.0526. The van der Waals surface area contributed by atoms with Crippen molar-refractivity contribution < 1.29 is 5.11 Å². The van der Waals surface area contributed by atoms with Gasteiger partial charge >= 0.3 is 5.69 Å². The zero-order valence-corrected chi connectivity index (χ0v) is 17.8. The van der Waals surface area contributed by atoms with Crippen LogP contribution in [-0.4, -0.2) is 30.4 Å². The van der Waals surface area contributed by atoms with E-state index in [-0.39, 0.29) is 29.8 Å². The van der Waals surface area contributed by atoms with Gasteiger partial charge in [0.1, 0.15) is 5.01 Å². The average molecular weight is 423 g/mol. The molecule has 0 spiro atoms. The Bertz CT molecular complexity index is 1390. The molecule has 1 aliphatic rings. The van der Waals surface area contributed by atoms with E-state index in [4.69, 9.17) is 4.98 Å². The Morgan fingerprint density at radius 1 is 1.17 bits per heavy atom. The van der Waals surface area contributed by atoms with Crippen molar-refractivity contribution in [1.29, 1.82) is 0 Å². The highest BCUT2D eigenvalue weighted by Gasteiger charge is 2.40. The molecule has 0 fully saturated rings. The zero-order chi connectivity index (χ0) is 21.2. The molecule has 0 radical (unpaired) electrons. The quantitative estimate of drug-likeness (QED) is 0.550. The number of rotatable bonds is 3. The van der Waals surface area contributed by atoms with Crippen LogP contribution in [0.2, 0.25) is 0 Å². The van der Waals surface area contributed by atoms with E-state index in [1.807, 2.05) is 42.6 Å². The summed E-state index contributed by atoms with van der Waals surface area (Å²) in [5, 5.41) is 13.7. The number of aryl methyl sites for hydroxylation is 2. The molecule has 0 amide bonds. The maximum absolute atomic E-state index is 13.3. The van der Waals surface area contributed by atoms with E-state index < -0.39 is 0 Å². The fourth-order valence-corrected chi connectivity index (χ4v) is 5.61. The van der Waals surface area contributed by atoms with Gasteiger partial charge in [-0.1, -0.05) is 30.3 Å². The number of aromatic nitrogens is 4. The van der Waals surface area contributed by atoms with Gasteiger partial charge in [-0.05, 0) is 18.9 Å². The van der Waals surface area contributed by atoms with Crippen LogP contribution in [0.3, 0.4) is 0 Å². The van der Waals surface area contributed by atoms with E-state index in [1.54, 1.807) is 23.0 Å². The number of benzene rings is 1. The second kappa shape index (κ2) is 6.78. The Kier molecular flexibility index (Phi) is 4.30. The van der Waals surface area contributed by atoms with Gasteiger partial charge in [-0.15, -0.1) is 11.3 Å². The molecular weight excluding hydrogens is 400 g/mol. The van der Waals surface area contributed by atoms with Crippen molar-refractivity contribution in [3.63, 3.8) is 0 Å². The molecule has 1 aromatic carbocycles. The van der Waals surface area contributed by atoms with E-state index in [1.165, 1.54) is 7.05 Å². The summed E-state index contributed by atoms with van der Waals surface area (Å²) in [6, 6.07) is 9.51. The molecule has 4 heterocycles. The molecule has 0 unspecified atom stereocenters. The third-order valence-corrected chi connectivity index (χ3v) is 7.12. The SMILES string of the molecule is Cc1csc([C@@H]2C[C@H](CO)n3c(-c4ccccc4)c4c(=O)n(C)c(=O)n(C)c4c32)n1. The van der Waals surface area contributed by atoms with Gasteiger partial charge in [-0.2, -0.15) is 0 Å². The zero-order valence-electron chi connectivity index (χ0n) is 17.0. The average Bonchev–Trinajstić information content (AvgIpc) is 3.44. The Morgan fingerprint density at radius 3 is 2.53 bits per heavy atom. The fourth-order valence-electron chi connectivity index (χ4n) is 4.70. The lowest BCUT2D eigenvalue weighted by atomic mass is 10.00. The van der Waals surface area contributed by atoms with E-state index in [0.29, 0.717) is 17.3 Å². The van der Waals surface area contributed by atoms with Crippen molar-refractivity contribution in [2.24, 2.45) is 14.1 Å². The normalized spacial score (nSPS) is 18.3. The summed E-state index contributed by atoms with van der Waals surface area (Å²) in [5.74, 6) is -0.0847. The number of nitrogens with zero attached hydrogens (tertiary/aromatic N) is 4. The van der Waals surface area contributed by atoms with Crippen LogP contribution in [0.5, 0.6) is 0 Å². The Balaban J connectivity index is 1.99. The molecule has 154 valence electrons. The van der Waals surface area contributed by atoms with Crippen molar-refractivity contribution in [1.82, 2.24) is 18.7 Å². The minimum Gasteiger partial charge on any atom is -0.394 e. The van der Waals surface area contributed by atoms with Gasteiger partial charge in [-0.25, -0.2) is 9.78 Å². The Labute approximate surface area is 176 Å². The molecule has 1 N–H and O–H groups in total. The van der Waals surface area contributed by atoms with Crippen LogP contribution in [0.4, 0.5) is 0 Å². The summed E-state index contributed by atoms with van der Waals surface area (Å²) in [7, 11) is 3.21. The van der Waals surface area contributed by atoms with E-state index >= 15 is 0 Å². The molecule has 2 atom stereocenters. The lowest BCUT2D eigenvalue weighted by molar-refractivity contribution is 0.232. The first-order valence-electron chi connectivity index (χ1n) is 9.86. The predicted octanol–water partition coefficient (Wildman–Crippen LogP) is 2.54. The lowest BCUT2D eigenvalue weighted by Gasteiger charge is -2.15. The molecule has 1 aliphatic heterocycles. The number of aliphatic hydroxyl groups excluding tert-OH is 1. The number of hydrogen-bond acceptors (Lipinski definition) is 5. The summed E-state index contributed by atoms with van der Waals surface area (Å²) in [5.41, 5.74) is 3.43. The highest BCUT2D eigenvalue weighted by atomic mass is 32.1. The van der Waals surface area contributed by atoms with Crippen LogP contribution in [0.15, 0.2) is 45.3 Å². The van der Waals surface area contributed by atoms with Crippen molar-refractivity contribution in [3.05, 3.63) is 72.9 Å². The Hall–Kier alpha value is -2.97. The van der Waals surface area contributed by atoms with Gasteiger partial charge in [-0.3, -0.25) is 13.9 Å². The topological polar surface area (TPSA) is 82.0 Å². The second-order valence-corrected chi connectivity index (χ2v) is 8.74. The van der Waals surface area contributed by atoms with Crippen molar-refractivity contribution in [3.8, 4) is 11.3 Å². The lowest BCUT2D eigenvalue weighted by Crippen LogP contribution is -2.37. The third kappa shape index (κ3) is 2.50. The molecule has 30 heavy (non-hydrogen) atoms. The molecule has 7 nitrogen and oxygen atoms in total. The molecule has 0 saturated heterocycles. The van der Waals surface area contributed by atoms with Gasteiger partial charge in [0.25, 0.3) is 5.56 Å². The molecule has 5 rings (SSSR count). The first kappa shape index (κ1) is 19.0. The van der Waals surface area contributed by atoms with Crippen LogP contribution in [0.25, 0.3) is 22.2 Å². The molecular formula is C22H22N4O3S. The van der Waals surface area contributed by atoms with Gasteiger partial charge in [0, 0.05) is 25.2 Å². The highest BCUT2D eigenvalue weighted by Crippen LogP contribution is 2.48. The molecule has 8 heteroatoms. The molecule has 0 saturated carbocycles. The summed E-state index contributed by atoms with van der Waals surface area (Å²) < 4.78 is 4.78. The largest absolute Gasteiger partial charge is 0.394 e. The van der Waals surface area contributed by atoms with Crippen LogP contribution in [0.1, 0.15) is 34.8 Å². The number of fused-ring (bicyclic) bond motifs is 3. The van der Waals surface area contributed by atoms with Crippen LogP contribution in [0, 0.1) is 6.92 Å². The molecule has 0 aliphatic carbocycles. The maximum atomic E-state index is 13.3. The summed E-state index contributed by atoms with van der Waals surface area (Å²) in [6.07, 6.45) is 0.679. The van der Waals surface area contributed by atoms with Crippen LogP contribution >= 0.6 is 11.3 Å². The summed E-state index contributed by atoms with van der Waals surface area (Å²) in [6.45, 7) is 1.90. The van der Waals surface area contributed by atoms with Crippen molar-refractivity contribution in [2.75, 3.05) is 6.61 Å². The van der Waals surface area contributed by atoms with Gasteiger partial charge in [0.05, 0.1) is 40.9 Å². The monoisotopic (exact) mass is 422 g/mol. The number of hydrogen-bond donors (Lipinski definition) is 1. The van der Waals surface area contributed by atoms with E-state index in [9.17, 15) is 14.7 Å². The smallest absolute Gasteiger partial charge is 0.331 e. The van der Waals surface area contributed by atoms with Gasteiger partial charge in [0.2, 0.25) is 0 Å². The number of aliphatic hydroxyl groups is 1. The third-order valence-electron chi connectivity index (χ3n) is 6.04. The Morgan fingerprint density at radius 2 is 1.90 bits per heavy atom. The second-order valence-electron chi connectivity index (χ2n) is 7.85. The first-order valence-corrected chi connectivity index (χ1v) is 10.7. The van der Waals surface area contributed by atoms with Crippen LogP contribution < -0.4 is 11.2 Å². The van der Waals surface area contributed by atoms with E-state index in [2.05, 4.69) is 4.57 Å². The van der Waals surface area contributed by atoms with Gasteiger partial charge in [0.15, 0.2) is 0 Å². The predicted molar refractivity (Wildman–Crippen MR) is 117 cm³/mol. The van der Waals surface area contributed by atoms with Crippen LogP contribution in [-0.2, 0) is 14.1 Å². The first-order chi connectivity index (χ1) is 14.4. The van der Waals surface area contributed by atoms with E-state index in [0.717, 1.165) is 32.2 Å². The summed E-state index contributed by atoms with van der Waals surface area (Å²) in [4.78, 5) is 30.8. The fraction of sp³-hybridized carbons (Fsp3) is 0.318. The minimum atomic E-state index is -0.359.